The molecule has 1 aromatic carbocycles. The number of ether oxygens (including phenoxy) is 1. The van der Waals surface area contributed by atoms with Gasteiger partial charge in [-0.2, -0.15) is 0 Å². The average molecular weight is 313 g/mol. The summed E-state index contributed by atoms with van der Waals surface area (Å²) in [6.45, 7) is 8.10. The van der Waals surface area contributed by atoms with Crippen LogP contribution in [0.25, 0.3) is 0 Å². The van der Waals surface area contributed by atoms with Crippen LogP contribution in [0.2, 0.25) is 0 Å². The van der Waals surface area contributed by atoms with E-state index in [1.807, 2.05) is 6.92 Å². The maximum Gasteiger partial charge on any atom is 0.0726 e. The number of hydrogen-bond acceptors (Lipinski definition) is 3. The van der Waals surface area contributed by atoms with Crippen molar-refractivity contribution >= 4 is 21.6 Å². The van der Waals surface area contributed by atoms with Crippen LogP contribution in [-0.4, -0.2) is 25.3 Å². The summed E-state index contributed by atoms with van der Waals surface area (Å²) in [5.41, 5.74) is 8.28. The van der Waals surface area contributed by atoms with Gasteiger partial charge >= 0.3 is 0 Å². The predicted molar refractivity (Wildman–Crippen MR) is 79.0 cm³/mol. The van der Waals surface area contributed by atoms with Gasteiger partial charge in [0.2, 0.25) is 0 Å². The quantitative estimate of drug-likeness (QED) is 0.912. The van der Waals surface area contributed by atoms with Crippen molar-refractivity contribution in [1.82, 2.24) is 0 Å². The van der Waals surface area contributed by atoms with Gasteiger partial charge < -0.3 is 15.4 Å². The molecule has 1 aliphatic rings. The molecular weight excluding hydrogens is 292 g/mol. The van der Waals surface area contributed by atoms with E-state index in [0.29, 0.717) is 0 Å². The third-order valence-corrected chi connectivity index (χ3v) is 3.89. The van der Waals surface area contributed by atoms with Crippen LogP contribution < -0.4 is 10.6 Å². The van der Waals surface area contributed by atoms with Crippen LogP contribution in [0.5, 0.6) is 0 Å². The first kappa shape index (κ1) is 13.8. The first-order valence-electron chi connectivity index (χ1n) is 6.43. The molecule has 0 aromatic heterocycles. The molecule has 18 heavy (non-hydrogen) atoms. The summed E-state index contributed by atoms with van der Waals surface area (Å²) in [5, 5.41) is 0. The second-order valence-corrected chi connectivity index (χ2v) is 6.02. The van der Waals surface area contributed by atoms with Crippen LogP contribution in [0.3, 0.4) is 0 Å². The number of nitrogens with two attached hydrogens (primary N) is 1. The van der Waals surface area contributed by atoms with Crippen molar-refractivity contribution in [3.05, 3.63) is 28.2 Å². The standard InChI is InChI=1S/C14H21BrN2O/c1-9-7-17(8-10(2)18-9)14-5-4-12(11(3)16)6-13(14)15/h4-6,9-11H,7-8,16H2,1-3H3. The zero-order valence-corrected chi connectivity index (χ0v) is 12.8. The molecule has 0 bridgehead atoms. The van der Waals surface area contributed by atoms with Crippen LogP contribution in [0.15, 0.2) is 22.7 Å². The fourth-order valence-electron chi connectivity index (χ4n) is 2.44. The van der Waals surface area contributed by atoms with Crippen molar-refractivity contribution in [2.45, 2.75) is 39.0 Å². The number of anilines is 1. The van der Waals surface area contributed by atoms with Crippen molar-refractivity contribution in [1.29, 1.82) is 0 Å². The van der Waals surface area contributed by atoms with Crippen molar-refractivity contribution < 1.29 is 4.74 Å². The molecular formula is C14H21BrN2O. The topological polar surface area (TPSA) is 38.5 Å². The highest BCUT2D eigenvalue weighted by Gasteiger charge is 2.23. The number of nitrogens with zero attached hydrogens (tertiary/aromatic N) is 1. The first-order chi connectivity index (χ1) is 8.47. The zero-order valence-electron chi connectivity index (χ0n) is 11.2. The normalized spacial score (nSPS) is 26.2. The second-order valence-electron chi connectivity index (χ2n) is 5.16. The summed E-state index contributed by atoms with van der Waals surface area (Å²) >= 11 is 3.65. The minimum Gasteiger partial charge on any atom is -0.372 e. The van der Waals surface area contributed by atoms with Gasteiger partial charge in [-0.05, 0) is 54.4 Å². The van der Waals surface area contributed by atoms with Gasteiger partial charge in [0, 0.05) is 23.6 Å². The summed E-state index contributed by atoms with van der Waals surface area (Å²) < 4.78 is 6.87. The Hall–Kier alpha value is -0.580. The van der Waals surface area contributed by atoms with E-state index in [2.05, 4.69) is 52.9 Å². The molecule has 1 heterocycles. The molecule has 3 unspecified atom stereocenters. The largest absolute Gasteiger partial charge is 0.372 e. The molecule has 0 spiro atoms. The van der Waals surface area contributed by atoms with Gasteiger partial charge in [-0.15, -0.1) is 0 Å². The third-order valence-electron chi connectivity index (χ3n) is 3.26. The van der Waals surface area contributed by atoms with Crippen LogP contribution in [0.4, 0.5) is 5.69 Å². The zero-order chi connectivity index (χ0) is 13.3. The fraction of sp³-hybridized carbons (Fsp3) is 0.571. The molecule has 0 aliphatic carbocycles. The molecule has 1 saturated heterocycles. The molecule has 3 nitrogen and oxygen atoms in total. The van der Waals surface area contributed by atoms with E-state index in [1.54, 1.807) is 0 Å². The third kappa shape index (κ3) is 3.05. The molecule has 2 rings (SSSR count). The average Bonchev–Trinajstić information content (AvgIpc) is 2.27. The van der Waals surface area contributed by atoms with Gasteiger partial charge in [-0.3, -0.25) is 0 Å². The molecule has 3 atom stereocenters. The molecule has 2 N–H and O–H groups in total. The molecule has 1 fully saturated rings. The van der Waals surface area contributed by atoms with E-state index in [1.165, 1.54) is 5.69 Å². The van der Waals surface area contributed by atoms with Crippen molar-refractivity contribution in [3.63, 3.8) is 0 Å². The lowest BCUT2D eigenvalue weighted by molar-refractivity contribution is -0.00525. The second kappa shape index (κ2) is 5.59. The highest BCUT2D eigenvalue weighted by Crippen LogP contribution is 2.30. The molecule has 1 aromatic rings. The maximum atomic E-state index is 5.90. The van der Waals surface area contributed by atoms with Crippen LogP contribution >= 0.6 is 15.9 Å². The van der Waals surface area contributed by atoms with E-state index in [4.69, 9.17) is 10.5 Å². The Labute approximate surface area is 117 Å². The lowest BCUT2D eigenvalue weighted by atomic mass is 10.1. The van der Waals surface area contributed by atoms with E-state index < -0.39 is 0 Å². The minimum absolute atomic E-state index is 0.0675. The molecule has 0 amide bonds. The highest BCUT2D eigenvalue weighted by atomic mass is 79.9. The Morgan fingerprint density at radius 1 is 1.33 bits per heavy atom. The first-order valence-corrected chi connectivity index (χ1v) is 7.22. The van der Waals surface area contributed by atoms with E-state index in [0.717, 1.165) is 23.1 Å². The molecule has 1 aliphatic heterocycles. The van der Waals surface area contributed by atoms with Crippen LogP contribution in [-0.2, 0) is 4.74 Å². The van der Waals surface area contributed by atoms with Gasteiger partial charge in [0.05, 0.1) is 17.9 Å². The Morgan fingerprint density at radius 2 is 1.94 bits per heavy atom. The van der Waals surface area contributed by atoms with Crippen LogP contribution in [0.1, 0.15) is 32.4 Å². The Morgan fingerprint density at radius 3 is 2.44 bits per heavy atom. The number of hydrogen-bond donors (Lipinski definition) is 1. The van der Waals surface area contributed by atoms with Gasteiger partial charge in [-0.25, -0.2) is 0 Å². The van der Waals surface area contributed by atoms with Gasteiger partial charge in [0.1, 0.15) is 0 Å². The summed E-state index contributed by atoms with van der Waals surface area (Å²) in [6.07, 6.45) is 0.544. The Kier molecular flexibility index (Phi) is 4.30. The van der Waals surface area contributed by atoms with Crippen molar-refractivity contribution in [2.24, 2.45) is 5.73 Å². The van der Waals surface area contributed by atoms with Gasteiger partial charge in [-0.1, -0.05) is 6.07 Å². The lowest BCUT2D eigenvalue weighted by Gasteiger charge is -2.37. The summed E-state index contributed by atoms with van der Waals surface area (Å²) in [7, 11) is 0. The summed E-state index contributed by atoms with van der Waals surface area (Å²) in [4.78, 5) is 2.37. The Bertz CT molecular complexity index is 412. The van der Waals surface area contributed by atoms with Gasteiger partial charge in [0.25, 0.3) is 0 Å². The van der Waals surface area contributed by atoms with E-state index in [-0.39, 0.29) is 18.2 Å². The fourth-order valence-corrected chi connectivity index (χ4v) is 3.08. The predicted octanol–water partition coefficient (Wildman–Crippen LogP) is 3.08. The number of rotatable bonds is 2. The van der Waals surface area contributed by atoms with Crippen molar-refractivity contribution in [3.8, 4) is 0 Å². The maximum absolute atomic E-state index is 5.90. The Balaban J connectivity index is 2.22. The molecule has 100 valence electrons. The van der Waals surface area contributed by atoms with Crippen molar-refractivity contribution in [2.75, 3.05) is 18.0 Å². The highest BCUT2D eigenvalue weighted by molar-refractivity contribution is 9.10. The SMILES string of the molecule is CC1CN(c2ccc(C(C)N)cc2Br)CC(C)O1. The van der Waals surface area contributed by atoms with Crippen LogP contribution in [0, 0.1) is 0 Å². The minimum atomic E-state index is 0.0675. The molecule has 0 radical (unpaired) electrons. The number of morpholine rings is 1. The molecule has 4 heteroatoms. The molecule has 0 saturated carbocycles. The van der Waals surface area contributed by atoms with E-state index in [9.17, 15) is 0 Å². The number of halogens is 1. The monoisotopic (exact) mass is 312 g/mol. The van der Waals surface area contributed by atoms with E-state index >= 15 is 0 Å². The summed E-state index contributed by atoms with van der Waals surface area (Å²) in [5.74, 6) is 0. The van der Waals surface area contributed by atoms with Gasteiger partial charge in [0.15, 0.2) is 0 Å². The lowest BCUT2D eigenvalue weighted by Crippen LogP contribution is -2.45. The smallest absolute Gasteiger partial charge is 0.0726 e. The summed E-state index contributed by atoms with van der Waals surface area (Å²) in [6, 6.07) is 6.44. The number of benzene rings is 1.